The van der Waals surface area contributed by atoms with Gasteiger partial charge < -0.3 is 19.7 Å². The van der Waals surface area contributed by atoms with Gasteiger partial charge in [-0.3, -0.25) is 0 Å². The molecule has 142 valence electrons. The zero-order valence-corrected chi connectivity index (χ0v) is 17.6. The Bertz CT molecular complexity index is 937. The van der Waals surface area contributed by atoms with Crippen molar-refractivity contribution in [1.82, 2.24) is 9.97 Å². The van der Waals surface area contributed by atoms with Crippen LogP contribution in [0.15, 0.2) is 46.9 Å². The topological polar surface area (TPSA) is 59.5 Å². The molecule has 3 rings (SSSR count). The van der Waals surface area contributed by atoms with Crippen LogP contribution in [0.3, 0.4) is 0 Å². The molecule has 0 fully saturated rings. The minimum absolute atomic E-state index is 0.394. The van der Waals surface area contributed by atoms with Gasteiger partial charge in [0.25, 0.3) is 0 Å². The van der Waals surface area contributed by atoms with Gasteiger partial charge in [0.2, 0.25) is 5.95 Å². The van der Waals surface area contributed by atoms with Gasteiger partial charge in [0.1, 0.15) is 5.82 Å². The Morgan fingerprint density at radius 2 is 1.93 bits per heavy atom. The predicted molar refractivity (Wildman–Crippen MR) is 113 cm³/mol. The Balaban J connectivity index is 2.03. The fraction of sp³-hybridized carbons (Fsp3) is 0.263. The summed E-state index contributed by atoms with van der Waals surface area (Å²) in [6, 6.07) is 13.6. The molecule has 3 aromatic rings. The average molecular weight is 452 g/mol. The Kier molecular flexibility index (Phi) is 6.49. The molecule has 0 amide bonds. The van der Waals surface area contributed by atoms with Gasteiger partial charge in [0, 0.05) is 41.8 Å². The highest BCUT2D eigenvalue weighted by molar-refractivity contribution is 9.10. The average Bonchev–Trinajstić information content (AvgIpc) is 2.67. The molecule has 0 saturated heterocycles. The molecule has 1 N–H and O–H groups in total. The molecule has 1 heterocycles. The van der Waals surface area contributed by atoms with Gasteiger partial charge in [0.15, 0.2) is 6.29 Å². The number of benzene rings is 2. The van der Waals surface area contributed by atoms with Gasteiger partial charge in [-0.15, -0.1) is 0 Å². The summed E-state index contributed by atoms with van der Waals surface area (Å²) in [6.07, 6.45) is -0.394. The van der Waals surface area contributed by atoms with Crippen molar-refractivity contribution >= 4 is 55.9 Å². The third kappa shape index (κ3) is 4.68. The summed E-state index contributed by atoms with van der Waals surface area (Å²) in [4.78, 5) is 11.3. The van der Waals surface area contributed by atoms with E-state index in [9.17, 15) is 0 Å². The number of nitrogens with zero attached hydrogens (tertiary/aromatic N) is 3. The van der Waals surface area contributed by atoms with E-state index in [1.165, 1.54) is 0 Å². The number of hydrogen-bond acceptors (Lipinski definition) is 6. The van der Waals surface area contributed by atoms with Gasteiger partial charge >= 0.3 is 0 Å². The number of nitrogens with one attached hydrogen (secondary N) is 1. The minimum atomic E-state index is -0.394. The van der Waals surface area contributed by atoms with Crippen molar-refractivity contribution in [3.8, 4) is 0 Å². The second-order valence-electron chi connectivity index (χ2n) is 5.85. The molecule has 2 aromatic carbocycles. The first-order valence-corrected chi connectivity index (χ1v) is 9.45. The number of aromatic nitrogens is 2. The van der Waals surface area contributed by atoms with E-state index < -0.39 is 6.29 Å². The van der Waals surface area contributed by atoms with Crippen molar-refractivity contribution in [2.24, 2.45) is 0 Å². The summed E-state index contributed by atoms with van der Waals surface area (Å²) < 4.78 is 11.4. The van der Waals surface area contributed by atoms with E-state index in [4.69, 9.17) is 26.1 Å². The third-order valence-electron chi connectivity index (χ3n) is 4.10. The number of rotatable bonds is 7. The molecule has 8 heteroatoms. The predicted octanol–water partition coefficient (Wildman–Crippen LogP) is 4.84. The highest BCUT2D eigenvalue weighted by Crippen LogP contribution is 2.32. The van der Waals surface area contributed by atoms with Crippen molar-refractivity contribution in [2.45, 2.75) is 6.29 Å². The first-order chi connectivity index (χ1) is 13.0. The molecule has 0 radical (unpaired) electrons. The van der Waals surface area contributed by atoms with Crippen LogP contribution in [0, 0.1) is 0 Å². The smallest absolute Gasteiger partial charge is 0.225 e. The van der Waals surface area contributed by atoms with E-state index >= 15 is 0 Å². The molecular weight excluding hydrogens is 432 g/mol. The fourth-order valence-electron chi connectivity index (χ4n) is 2.67. The highest BCUT2D eigenvalue weighted by Gasteiger charge is 2.15. The molecule has 6 nitrogen and oxygen atoms in total. The summed E-state index contributed by atoms with van der Waals surface area (Å²) in [5.41, 5.74) is 1.75. The summed E-state index contributed by atoms with van der Waals surface area (Å²) in [7, 11) is 5.14. The molecule has 0 aliphatic carbocycles. The normalized spacial score (nSPS) is 11.2. The number of methoxy groups -OCH3 is 2. The highest BCUT2D eigenvalue weighted by atomic mass is 79.9. The van der Waals surface area contributed by atoms with Crippen LogP contribution in [0.25, 0.3) is 10.9 Å². The lowest BCUT2D eigenvalue weighted by atomic mass is 10.2. The van der Waals surface area contributed by atoms with Gasteiger partial charge in [-0.2, -0.15) is 4.98 Å². The van der Waals surface area contributed by atoms with Crippen LogP contribution >= 0.6 is 27.5 Å². The van der Waals surface area contributed by atoms with E-state index in [1.54, 1.807) is 14.2 Å². The summed E-state index contributed by atoms with van der Waals surface area (Å²) in [5.74, 6) is 1.24. The lowest BCUT2D eigenvalue weighted by Gasteiger charge is -2.22. The maximum Gasteiger partial charge on any atom is 0.225 e. The van der Waals surface area contributed by atoms with E-state index in [-0.39, 0.29) is 0 Å². The van der Waals surface area contributed by atoms with Crippen LogP contribution in [0.2, 0.25) is 5.02 Å². The van der Waals surface area contributed by atoms with Crippen LogP contribution < -0.4 is 10.2 Å². The second-order valence-corrected chi connectivity index (χ2v) is 7.21. The zero-order valence-electron chi connectivity index (χ0n) is 15.2. The fourth-order valence-corrected chi connectivity index (χ4v) is 3.22. The zero-order chi connectivity index (χ0) is 19.4. The lowest BCUT2D eigenvalue weighted by molar-refractivity contribution is -0.0914. The number of ether oxygens (including phenoxy) is 2. The summed E-state index contributed by atoms with van der Waals surface area (Å²) in [6.45, 7) is 0.416. The number of halogens is 2. The molecule has 0 saturated carbocycles. The standard InChI is InChI=1S/C19H20BrClN4O2/c1-25(14-6-4-5-12(20)9-14)18-15-8-7-13(21)10-16(15)23-19(24-18)22-11-17(26-2)27-3/h4-10,17H,11H2,1-3H3,(H,22,23,24). The molecule has 0 atom stereocenters. The van der Waals surface area contributed by atoms with Crippen LogP contribution in [-0.4, -0.2) is 44.1 Å². The van der Waals surface area contributed by atoms with E-state index in [0.717, 1.165) is 26.9 Å². The molecule has 0 spiro atoms. The SMILES string of the molecule is COC(CNc1nc(N(C)c2cccc(Br)c2)c2ccc(Cl)cc2n1)OC. The number of hydrogen-bond donors (Lipinski definition) is 1. The van der Waals surface area contributed by atoms with E-state index in [2.05, 4.69) is 26.2 Å². The van der Waals surface area contributed by atoms with Gasteiger partial charge in [-0.05, 0) is 36.4 Å². The van der Waals surface area contributed by atoms with Crippen molar-refractivity contribution < 1.29 is 9.47 Å². The Labute approximate surface area is 171 Å². The van der Waals surface area contributed by atoms with Gasteiger partial charge in [0.05, 0.1) is 12.1 Å². The Hall–Kier alpha value is -1.93. The summed E-state index contributed by atoms with van der Waals surface area (Å²) >= 11 is 9.69. The molecule has 0 bridgehead atoms. The molecule has 1 aromatic heterocycles. The Morgan fingerprint density at radius 1 is 1.15 bits per heavy atom. The van der Waals surface area contributed by atoms with E-state index in [0.29, 0.717) is 17.5 Å². The first kappa shape index (κ1) is 19.8. The molecule has 27 heavy (non-hydrogen) atoms. The van der Waals surface area contributed by atoms with Crippen molar-refractivity contribution in [1.29, 1.82) is 0 Å². The summed E-state index contributed by atoms with van der Waals surface area (Å²) in [5, 5.41) is 4.69. The lowest BCUT2D eigenvalue weighted by Crippen LogP contribution is -2.24. The van der Waals surface area contributed by atoms with Crippen LogP contribution in [0.4, 0.5) is 17.5 Å². The van der Waals surface area contributed by atoms with Gasteiger partial charge in [-0.25, -0.2) is 4.98 Å². The Morgan fingerprint density at radius 3 is 2.63 bits per heavy atom. The van der Waals surface area contributed by atoms with Gasteiger partial charge in [-0.1, -0.05) is 33.6 Å². The maximum absolute atomic E-state index is 6.17. The van der Waals surface area contributed by atoms with E-state index in [1.807, 2.05) is 54.4 Å². The largest absolute Gasteiger partial charge is 0.354 e. The van der Waals surface area contributed by atoms with Crippen molar-refractivity contribution in [3.63, 3.8) is 0 Å². The quantitative estimate of drug-likeness (QED) is 0.519. The molecule has 0 aliphatic rings. The van der Waals surface area contributed by atoms with Crippen molar-refractivity contribution in [2.75, 3.05) is 38.0 Å². The second kappa shape index (κ2) is 8.84. The van der Waals surface area contributed by atoms with Crippen molar-refractivity contribution in [3.05, 3.63) is 52.0 Å². The number of fused-ring (bicyclic) bond motifs is 1. The first-order valence-electron chi connectivity index (χ1n) is 8.28. The molecular formula is C19H20BrClN4O2. The number of anilines is 3. The van der Waals surface area contributed by atoms with Crippen LogP contribution in [0.5, 0.6) is 0 Å². The maximum atomic E-state index is 6.17. The minimum Gasteiger partial charge on any atom is -0.354 e. The third-order valence-corrected chi connectivity index (χ3v) is 4.83. The molecule has 0 aliphatic heterocycles. The van der Waals surface area contributed by atoms with Crippen LogP contribution in [-0.2, 0) is 9.47 Å². The van der Waals surface area contributed by atoms with Crippen LogP contribution in [0.1, 0.15) is 0 Å². The molecule has 0 unspecified atom stereocenters. The monoisotopic (exact) mass is 450 g/mol.